The number of hydrogen-bond donors (Lipinski definition) is 1. The number of nitrogens with zero attached hydrogens (tertiary/aromatic N) is 3. The summed E-state index contributed by atoms with van der Waals surface area (Å²) in [6.07, 6.45) is -0.750. The molecule has 1 atom stereocenters. The fourth-order valence-electron chi connectivity index (χ4n) is 3.75. The van der Waals surface area contributed by atoms with Gasteiger partial charge in [0, 0.05) is 23.4 Å². The smallest absolute Gasteiger partial charge is 0.274 e. The molecule has 2 aromatic heterocycles. The highest BCUT2D eigenvalue weighted by Crippen LogP contribution is 2.26. The number of aromatic nitrogens is 3. The molecule has 0 saturated carbocycles. The van der Waals surface area contributed by atoms with Crippen molar-refractivity contribution < 1.29 is 9.84 Å². The number of hydrogen-bond acceptors (Lipinski definition) is 4. The fourth-order valence-corrected chi connectivity index (χ4v) is 3.75. The van der Waals surface area contributed by atoms with Gasteiger partial charge < -0.3 is 14.4 Å². The molecule has 0 amide bonds. The van der Waals surface area contributed by atoms with E-state index in [-0.39, 0.29) is 12.2 Å². The molecular formula is C25H27N3O3. The molecule has 0 aliphatic carbocycles. The maximum absolute atomic E-state index is 12.5. The number of benzene rings is 2. The van der Waals surface area contributed by atoms with Crippen LogP contribution in [0.5, 0.6) is 5.75 Å². The Hall–Kier alpha value is -3.38. The summed E-state index contributed by atoms with van der Waals surface area (Å²) in [5.74, 6) is 1.12. The number of fused-ring (bicyclic) bond motifs is 1. The summed E-state index contributed by atoms with van der Waals surface area (Å²) >= 11 is 0. The van der Waals surface area contributed by atoms with Crippen LogP contribution >= 0.6 is 0 Å². The lowest BCUT2D eigenvalue weighted by molar-refractivity contribution is 0.0920. The molecule has 0 aliphatic heterocycles. The summed E-state index contributed by atoms with van der Waals surface area (Å²) in [5.41, 5.74) is 3.98. The fraction of sp³-hybridized carbons (Fsp3) is 0.280. The van der Waals surface area contributed by atoms with Gasteiger partial charge in [-0.3, -0.25) is 4.79 Å². The highest BCUT2D eigenvalue weighted by atomic mass is 16.5. The van der Waals surface area contributed by atoms with Crippen molar-refractivity contribution in [1.82, 2.24) is 14.2 Å². The third kappa shape index (κ3) is 4.39. The minimum atomic E-state index is -0.750. The molecule has 0 aliphatic rings. The second-order valence-corrected chi connectivity index (χ2v) is 8.06. The number of ether oxygens (including phenoxy) is 1. The van der Waals surface area contributed by atoms with Crippen molar-refractivity contribution in [2.45, 2.75) is 39.3 Å². The van der Waals surface area contributed by atoms with Gasteiger partial charge in [-0.15, -0.1) is 0 Å². The normalized spacial score (nSPS) is 12.4. The third-order valence-corrected chi connectivity index (χ3v) is 5.37. The second kappa shape index (κ2) is 8.78. The van der Waals surface area contributed by atoms with Crippen LogP contribution in [-0.4, -0.2) is 32.0 Å². The van der Waals surface area contributed by atoms with Crippen LogP contribution < -0.4 is 10.3 Å². The van der Waals surface area contributed by atoms with Crippen LogP contribution in [0.1, 0.15) is 31.0 Å². The minimum absolute atomic E-state index is 0.154. The Morgan fingerprint density at radius 2 is 1.74 bits per heavy atom. The third-order valence-electron chi connectivity index (χ3n) is 5.37. The number of rotatable bonds is 7. The molecular weight excluding hydrogens is 390 g/mol. The Bertz CT molecular complexity index is 1240. The highest BCUT2D eigenvalue weighted by Gasteiger charge is 2.16. The van der Waals surface area contributed by atoms with Gasteiger partial charge in [-0.05, 0) is 24.5 Å². The Balaban J connectivity index is 1.59. The van der Waals surface area contributed by atoms with E-state index in [0.29, 0.717) is 23.8 Å². The van der Waals surface area contributed by atoms with E-state index in [1.165, 1.54) is 10.6 Å². The maximum Gasteiger partial charge on any atom is 0.274 e. The zero-order valence-corrected chi connectivity index (χ0v) is 18.0. The zero-order valence-electron chi connectivity index (χ0n) is 18.0. The Kier molecular flexibility index (Phi) is 5.91. The lowest BCUT2D eigenvalue weighted by Gasteiger charge is -2.19. The van der Waals surface area contributed by atoms with Crippen molar-refractivity contribution in [3.63, 3.8) is 0 Å². The molecule has 0 bridgehead atoms. The summed E-state index contributed by atoms with van der Waals surface area (Å²) in [4.78, 5) is 12.5. The second-order valence-electron chi connectivity index (χ2n) is 8.06. The molecule has 0 unspecified atom stereocenters. The number of aliphatic hydroxyl groups is 1. The first-order valence-corrected chi connectivity index (χ1v) is 10.5. The maximum atomic E-state index is 12.5. The van der Waals surface area contributed by atoms with Gasteiger partial charge in [0.2, 0.25) is 0 Å². The first-order valence-electron chi connectivity index (χ1n) is 10.5. The van der Waals surface area contributed by atoms with Crippen LogP contribution in [-0.2, 0) is 6.54 Å². The SMILES string of the molecule is Cc1cc(=O)n2nc(-c3ccccc3)cc2n1C[C@H](O)COc1ccccc1C(C)C. The lowest BCUT2D eigenvalue weighted by Crippen LogP contribution is -2.28. The Morgan fingerprint density at radius 3 is 2.48 bits per heavy atom. The minimum Gasteiger partial charge on any atom is -0.491 e. The van der Waals surface area contributed by atoms with Crippen molar-refractivity contribution in [3.05, 3.63) is 88.3 Å². The molecule has 6 nitrogen and oxygen atoms in total. The largest absolute Gasteiger partial charge is 0.491 e. The summed E-state index contributed by atoms with van der Waals surface area (Å²) < 4.78 is 9.23. The number of para-hydroxylation sites is 1. The van der Waals surface area contributed by atoms with Gasteiger partial charge in [0.15, 0.2) is 0 Å². The van der Waals surface area contributed by atoms with Crippen LogP contribution in [0.15, 0.2) is 71.5 Å². The molecule has 2 heterocycles. The van der Waals surface area contributed by atoms with Crippen LogP contribution in [0.4, 0.5) is 0 Å². The van der Waals surface area contributed by atoms with E-state index in [1.807, 2.05) is 72.2 Å². The van der Waals surface area contributed by atoms with E-state index in [0.717, 1.165) is 22.6 Å². The molecule has 160 valence electrons. The van der Waals surface area contributed by atoms with Crippen molar-refractivity contribution in [1.29, 1.82) is 0 Å². The predicted molar refractivity (Wildman–Crippen MR) is 122 cm³/mol. The molecule has 0 saturated heterocycles. The van der Waals surface area contributed by atoms with E-state index in [2.05, 4.69) is 18.9 Å². The van der Waals surface area contributed by atoms with Crippen molar-refractivity contribution in [3.8, 4) is 17.0 Å². The topological polar surface area (TPSA) is 68.8 Å². The number of aryl methyl sites for hydroxylation is 1. The van der Waals surface area contributed by atoms with Gasteiger partial charge >= 0.3 is 0 Å². The number of aliphatic hydroxyl groups excluding tert-OH is 1. The molecule has 0 fully saturated rings. The van der Waals surface area contributed by atoms with Gasteiger partial charge in [0.1, 0.15) is 24.1 Å². The van der Waals surface area contributed by atoms with E-state index >= 15 is 0 Å². The average Bonchev–Trinajstić information content (AvgIpc) is 3.22. The van der Waals surface area contributed by atoms with Crippen molar-refractivity contribution >= 4 is 5.65 Å². The Morgan fingerprint density at radius 1 is 1.03 bits per heavy atom. The van der Waals surface area contributed by atoms with E-state index in [4.69, 9.17) is 4.74 Å². The molecule has 4 aromatic rings. The van der Waals surface area contributed by atoms with Crippen molar-refractivity contribution in [2.24, 2.45) is 0 Å². The Labute approximate surface area is 181 Å². The average molecular weight is 418 g/mol. The van der Waals surface area contributed by atoms with Gasteiger partial charge in [0.25, 0.3) is 5.56 Å². The van der Waals surface area contributed by atoms with Crippen LogP contribution in [0.25, 0.3) is 16.9 Å². The predicted octanol–water partition coefficient (Wildman–Crippen LogP) is 4.03. The summed E-state index contributed by atoms with van der Waals surface area (Å²) in [7, 11) is 0. The molecule has 0 radical (unpaired) electrons. The van der Waals surface area contributed by atoms with E-state index in [9.17, 15) is 9.90 Å². The highest BCUT2D eigenvalue weighted by molar-refractivity contribution is 5.64. The lowest BCUT2D eigenvalue weighted by atomic mass is 10.0. The molecule has 6 heteroatoms. The van der Waals surface area contributed by atoms with Gasteiger partial charge in [-0.1, -0.05) is 62.4 Å². The standard InChI is InChI=1S/C25H27N3O3/c1-17(2)21-11-7-8-12-23(21)31-16-20(29)15-27-18(3)13-25(30)28-24(27)14-22(26-28)19-9-5-4-6-10-19/h4-14,17,20,29H,15-16H2,1-3H3/t20-/m0/s1. The van der Waals surface area contributed by atoms with E-state index < -0.39 is 6.10 Å². The van der Waals surface area contributed by atoms with Gasteiger partial charge in [0.05, 0.1) is 12.2 Å². The quantitative estimate of drug-likeness (QED) is 0.493. The molecule has 1 N–H and O–H groups in total. The van der Waals surface area contributed by atoms with Crippen LogP contribution in [0, 0.1) is 6.92 Å². The summed E-state index contributed by atoms with van der Waals surface area (Å²) in [6, 6.07) is 21.0. The first-order chi connectivity index (χ1) is 14.9. The monoisotopic (exact) mass is 417 g/mol. The summed E-state index contributed by atoms with van der Waals surface area (Å²) in [5, 5.41) is 15.2. The molecule has 0 spiro atoms. The van der Waals surface area contributed by atoms with Gasteiger partial charge in [-0.25, -0.2) is 0 Å². The molecule has 31 heavy (non-hydrogen) atoms. The molecule has 4 rings (SSSR count). The van der Waals surface area contributed by atoms with E-state index in [1.54, 1.807) is 0 Å². The zero-order chi connectivity index (χ0) is 22.0. The molecule has 2 aromatic carbocycles. The van der Waals surface area contributed by atoms with Crippen LogP contribution in [0.2, 0.25) is 0 Å². The first kappa shape index (κ1) is 20.9. The van der Waals surface area contributed by atoms with Crippen LogP contribution in [0.3, 0.4) is 0 Å². The van der Waals surface area contributed by atoms with Crippen molar-refractivity contribution in [2.75, 3.05) is 6.61 Å². The van der Waals surface area contributed by atoms with Gasteiger partial charge in [-0.2, -0.15) is 9.61 Å². The summed E-state index contributed by atoms with van der Waals surface area (Å²) in [6.45, 7) is 6.53.